The fourth-order valence-electron chi connectivity index (χ4n) is 1.81. The largest absolute Gasteiger partial charge is 0.341 e. The lowest BCUT2D eigenvalue weighted by Crippen LogP contribution is -1.97. The van der Waals surface area contributed by atoms with Crippen molar-refractivity contribution < 1.29 is 0 Å². The normalized spacial score (nSPS) is 11.1. The molecule has 0 unspecified atom stereocenters. The van der Waals surface area contributed by atoms with Crippen molar-refractivity contribution >= 4 is 38.2 Å². The first kappa shape index (κ1) is 10.1. The number of aromatic nitrogens is 2. The van der Waals surface area contributed by atoms with Gasteiger partial charge in [0.2, 0.25) is 0 Å². The quantitative estimate of drug-likeness (QED) is 0.700. The second kappa shape index (κ2) is 4.03. The fourth-order valence-corrected chi connectivity index (χ4v) is 2.85. The van der Waals surface area contributed by atoms with Gasteiger partial charge in [0.1, 0.15) is 0 Å². The van der Waals surface area contributed by atoms with Crippen LogP contribution >= 0.6 is 27.3 Å². The highest BCUT2D eigenvalue weighted by Crippen LogP contribution is 2.25. The lowest BCUT2D eigenvalue weighted by Gasteiger charge is -2.03. The summed E-state index contributed by atoms with van der Waals surface area (Å²) in [6, 6.07) is 8.39. The minimum Gasteiger partial charge on any atom is -0.341 e. The van der Waals surface area contributed by atoms with Crippen LogP contribution in [0.15, 0.2) is 45.8 Å². The molecule has 0 saturated heterocycles. The summed E-state index contributed by atoms with van der Waals surface area (Å²) < 4.78 is 3.36. The second-order valence-electron chi connectivity index (χ2n) is 3.60. The summed E-state index contributed by atoms with van der Waals surface area (Å²) >= 11 is 5.20. The molecule has 2 heterocycles. The maximum Gasteiger partial charge on any atom is 0.0795 e. The molecule has 0 N–H and O–H groups in total. The number of benzene rings is 1. The zero-order chi connectivity index (χ0) is 11.0. The summed E-state index contributed by atoms with van der Waals surface area (Å²) in [4.78, 5) is 4.31. The number of hydrogen-bond donors (Lipinski definition) is 0. The maximum atomic E-state index is 4.31. The zero-order valence-electron chi connectivity index (χ0n) is 8.43. The first-order valence-corrected chi connectivity index (χ1v) is 6.68. The molecule has 3 aromatic rings. The number of nitrogens with zero attached hydrogens (tertiary/aromatic N) is 2. The van der Waals surface area contributed by atoms with Crippen LogP contribution in [0.2, 0.25) is 0 Å². The SMILES string of the molecule is Brc1cccc2c1ccn2Cc1cscn1. The Morgan fingerprint density at radius 2 is 2.25 bits per heavy atom. The van der Waals surface area contributed by atoms with E-state index in [0.29, 0.717) is 0 Å². The van der Waals surface area contributed by atoms with Gasteiger partial charge in [-0.2, -0.15) is 0 Å². The average Bonchev–Trinajstić information content (AvgIpc) is 2.90. The average molecular weight is 293 g/mol. The van der Waals surface area contributed by atoms with Crippen molar-refractivity contribution in [2.75, 3.05) is 0 Å². The van der Waals surface area contributed by atoms with Gasteiger partial charge < -0.3 is 4.57 Å². The number of hydrogen-bond acceptors (Lipinski definition) is 2. The molecule has 0 spiro atoms. The van der Waals surface area contributed by atoms with Crippen LogP contribution in [-0.2, 0) is 6.54 Å². The van der Waals surface area contributed by atoms with Gasteiger partial charge in [-0.1, -0.05) is 22.0 Å². The predicted octanol–water partition coefficient (Wildman–Crippen LogP) is 3.91. The summed E-state index contributed by atoms with van der Waals surface area (Å²) in [6.07, 6.45) is 2.11. The highest BCUT2D eigenvalue weighted by Gasteiger charge is 2.04. The van der Waals surface area contributed by atoms with Crippen molar-refractivity contribution in [1.82, 2.24) is 9.55 Å². The second-order valence-corrected chi connectivity index (χ2v) is 5.17. The molecular weight excluding hydrogens is 284 g/mol. The molecule has 0 atom stereocenters. The van der Waals surface area contributed by atoms with Crippen molar-refractivity contribution in [1.29, 1.82) is 0 Å². The van der Waals surface area contributed by atoms with Gasteiger partial charge >= 0.3 is 0 Å². The first-order chi connectivity index (χ1) is 7.84. The molecule has 1 aromatic carbocycles. The fraction of sp³-hybridized carbons (Fsp3) is 0.0833. The molecule has 0 aliphatic rings. The molecule has 0 aliphatic heterocycles. The van der Waals surface area contributed by atoms with Gasteiger partial charge in [0.05, 0.1) is 17.7 Å². The highest BCUT2D eigenvalue weighted by atomic mass is 79.9. The van der Waals surface area contributed by atoms with Crippen LogP contribution in [0.1, 0.15) is 5.69 Å². The van der Waals surface area contributed by atoms with E-state index in [1.54, 1.807) is 11.3 Å². The number of halogens is 1. The van der Waals surface area contributed by atoms with Gasteiger partial charge in [-0.25, -0.2) is 4.98 Å². The molecule has 80 valence electrons. The van der Waals surface area contributed by atoms with Crippen molar-refractivity contribution in [2.24, 2.45) is 0 Å². The van der Waals surface area contributed by atoms with Gasteiger partial charge in [0, 0.05) is 27.0 Å². The van der Waals surface area contributed by atoms with E-state index in [1.165, 1.54) is 10.9 Å². The van der Waals surface area contributed by atoms with Crippen LogP contribution in [0, 0.1) is 0 Å². The van der Waals surface area contributed by atoms with Crippen LogP contribution in [0.5, 0.6) is 0 Å². The van der Waals surface area contributed by atoms with Gasteiger partial charge in [0.25, 0.3) is 0 Å². The van der Waals surface area contributed by atoms with E-state index in [4.69, 9.17) is 0 Å². The van der Waals surface area contributed by atoms with E-state index >= 15 is 0 Å². The van der Waals surface area contributed by atoms with Gasteiger partial charge in [-0.3, -0.25) is 0 Å². The number of thiazole rings is 1. The molecule has 0 fully saturated rings. The van der Waals surface area contributed by atoms with E-state index in [2.05, 4.69) is 61.3 Å². The van der Waals surface area contributed by atoms with E-state index in [0.717, 1.165) is 16.7 Å². The van der Waals surface area contributed by atoms with Crippen LogP contribution in [-0.4, -0.2) is 9.55 Å². The lowest BCUT2D eigenvalue weighted by atomic mass is 10.2. The van der Waals surface area contributed by atoms with Crippen LogP contribution < -0.4 is 0 Å². The van der Waals surface area contributed by atoms with E-state index in [1.807, 2.05) is 5.51 Å². The first-order valence-electron chi connectivity index (χ1n) is 4.95. The Balaban J connectivity index is 2.08. The van der Waals surface area contributed by atoms with Crippen molar-refractivity contribution in [3.05, 3.63) is 51.5 Å². The zero-order valence-corrected chi connectivity index (χ0v) is 10.8. The Morgan fingerprint density at radius 1 is 1.31 bits per heavy atom. The molecule has 4 heteroatoms. The smallest absolute Gasteiger partial charge is 0.0795 e. The molecule has 0 saturated carbocycles. The minimum atomic E-state index is 0.837. The highest BCUT2D eigenvalue weighted by molar-refractivity contribution is 9.10. The van der Waals surface area contributed by atoms with Gasteiger partial charge in [-0.05, 0) is 18.2 Å². The molecular formula is C12H9BrN2S. The summed E-state index contributed by atoms with van der Waals surface area (Å²) in [5, 5.41) is 3.34. The molecule has 2 nitrogen and oxygen atoms in total. The Kier molecular flexibility index (Phi) is 2.53. The molecule has 2 aromatic heterocycles. The third-order valence-electron chi connectivity index (χ3n) is 2.58. The van der Waals surface area contributed by atoms with Crippen molar-refractivity contribution in [3.8, 4) is 0 Å². The van der Waals surface area contributed by atoms with Crippen LogP contribution in [0.3, 0.4) is 0 Å². The monoisotopic (exact) mass is 292 g/mol. The topological polar surface area (TPSA) is 17.8 Å². The molecule has 0 radical (unpaired) electrons. The van der Waals surface area contributed by atoms with E-state index < -0.39 is 0 Å². The van der Waals surface area contributed by atoms with Gasteiger partial charge in [0.15, 0.2) is 0 Å². The minimum absolute atomic E-state index is 0.837. The van der Waals surface area contributed by atoms with E-state index in [-0.39, 0.29) is 0 Å². The van der Waals surface area contributed by atoms with E-state index in [9.17, 15) is 0 Å². The predicted molar refractivity (Wildman–Crippen MR) is 70.9 cm³/mol. The number of fused-ring (bicyclic) bond motifs is 1. The standard InChI is InChI=1S/C12H9BrN2S/c13-11-2-1-3-12-10(11)4-5-15(12)6-9-7-16-8-14-9/h1-5,7-8H,6H2. The van der Waals surface area contributed by atoms with Crippen LogP contribution in [0.25, 0.3) is 10.9 Å². The Hall–Kier alpha value is -1.13. The molecule has 0 aliphatic carbocycles. The van der Waals surface area contributed by atoms with Crippen molar-refractivity contribution in [2.45, 2.75) is 6.54 Å². The molecule has 0 bridgehead atoms. The Labute approximate surface area is 106 Å². The van der Waals surface area contributed by atoms with Gasteiger partial charge in [-0.15, -0.1) is 11.3 Å². The third kappa shape index (κ3) is 1.68. The summed E-state index contributed by atoms with van der Waals surface area (Å²) in [7, 11) is 0. The summed E-state index contributed by atoms with van der Waals surface area (Å²) in [5.41, 5.74) is 4.22. The lowest BCUT2D eigenvalue weighted by molar-refractivity contribution is 0.814. The van der Waals surface area contributed by atoms with Crippen molar-refractivity contribution in [3.63, 3.8) is 0 Å². The Bertz CT molecular complexity index is 613. The molecule has 16 heavy (non-hydrogen) atoms. The molecule has 0 amide bonds. The number of rotatable bonds is 2. The maximum absolute atomic E-state index is 4.31. The summed E-state index contributed by atoms with van der Waals surface area (Å²) in [5.74, 6) is 0. The third-order valence-corrected chi connectivity index (χ3v) is 3.90. The van der Waals surface area contributed by atoms with Crippen LogP contribution in [0.4, 0.5) is 0 Å². The Morgan fingerprint density at radius 3 is 3.06 bits per heavy atom. The summed E-state index contributed by atoms with van der Waals surface area (Å²) in [6.45, 7) is 0.837. The molecule has 3 rings (SSSR count).